The number of ketones is 1. The predicted octanol–water partition coefficient (Wildman–Crippen LogP) is 3.35. The summed E-state index contributed by atoms with van der Waals surface area (Å²) in [4.78, 5) is 29.4. The largest absolute Gasteiger partial charge is 0.508 e. The Morgan fingerprint density at radius 1 is 0.969 bits per heavy atom. The number of hydrogen-bond donors (Lipinski definition) is 3. The lowest BCUT2D eigenvalue weighted by Crippen LogP contribution is -2.23. The highest BCUT2D eigenvalue weighted by Crippen LogP contribution is 2.19. The molecule has 8 nitrogen and oxygen atoms in total. The first kappa shape index (κ1) is 20.8. The van der Waals surface area contributed by atoms with Crippen LogP contribution in [-0.4, -0.2) is 39.1 Å². The number of nitrogens with one attached hydrogen (secondary N) is 2. The van der Waals surface area contributed by atoms with Crippen molar-refractivity contribution in [1.29, 1.82) is 0 Å². The number of carbonyl (C=O) groups excluding carboxylic acids is 2. The van der Waals surface area contributed by atoms with Crippen molar-refractivity contribution in [3.63, 3.8) is 0 Å². The maximum absolute atomic E-state index is 12.5. The van der Waals surface area contributed by atoms with Crippen LogP contribution in [0.25, 0.3) is 11.4 Å². The van der Waals surface area contributed by atoms with Crippen molar-refractivity contribution in [3.05, 3.63) is 95.3 Å². The minimum Gasteiger partial charge on any atom is -0.508 e. The molecule has 0 spiro atoms. The molecule has 0 unspecified atom stereocenters. The molecule has 0 saturated heterocycles. The normalized spacial score (nSPS) is 10.5. The molecule has 1 amide bonds. The molecule has 0 aliphatic carbocycles. The standard InChI is InChI=1S/C24H20N4O4/c1-32-20-11-9-16(10-12-20)23-26-21(27-28-23)14-25-24(31)17-7-5-15(6-8-17)22(30)18-3-2-4-19(29)13-18/h2-13,29H,14H2,1H3,(H,25,31)(H,26,27,28). The summed E-state index contributed by atoms with van der Waals surface area (Å²) in [7, 11) is 1.60. The second-order valence-corrected chi connectivity index (χ2v) is 6.97. The Morgan fingerprint density at radius 3 is 2.38 bits per heavy atom. The first-order valence-corrected chi connectivity index (χ1v) is 9.81. The highest BCUT2D eigenvalue weighted by molar-refractivity contribution is 6.09. The zero-order chi connectivity index (χ0) is 22.5. The summed E-state index contributed by atoms with van der Waals surface area (Å²) < 4.78 is 5.14. The average Bonchev–Trinajstić information content (AvgIpc) is 3.31. The van der Waals surface area contributed by atoms with Gasteiger partial charge in [-0.3, -0.25) is 14.7 Å². The van der Waals surface area contributed by atoms with Crippen LogP contribution in [0.5, 0.6) is 11.5 Å². The maximum atomic E-state index is 12.5. The second-order valence-electron chi connectivity index (χ2n) is 6.97. The van der Waals surface area contributed by atoms with Crippen LogP contribution >= 0.6 is 0 Å². The molecular weight excluding hydrogens is 408 g/mol. The van der Waals surface area contributed by atoms with Crippen LogP contribution in [-0.2, 0) is 6.54 Å². The fraction of sp³-hybridized carbons (Fsp3) is 0.0833. The van der Waals surface area contributed by atoms with Gasteiger partial charge in [-0.25, -0.2) is 4.98 Å². The molecule has 32 heavy (non-hydrogen) atoms. The number of amides is 1. The van der Waals surface area contributed by atoms with E-state index < -0.39 is 0 Å². The van der Waals surface area contributed by atoms with Crippen molar-refractivity contribution >= 4 is 11.7 Å². The van der Waals surface area contributed by atoms with Crippen molar-refractivity contribution < 1.29 is 19.4 Å². The van der Waals surface area contributed by atoms with Gasteiger partial charge < -0.3 is 15.2 Å². The molecule has 0 radical (unpaired) electrons. The Hall–Kier alpha value is -4.46. The average molecular weight is 428 g/mol. The molecule has 1 heterocycles. The number of aromatic amines is 1. The number of phenols is 1. The summed E-state index contributed by atoms with van der Waals surface area (Å²) in [5.41, 5.74) is 2.03. The minimum atomic E-state index is -0.302. The molecule has 3 N–H and O–H groups in total. The highest BCUT2D eigenvalue weighted by Gasteiger charge is 2.12. The van der Waals surface area contributed by atoms with Gasteiger partial charge in [0.2, 0.25) is 0 Å². The first-order chi connectivity index (χ1) is 15.5. The van der Waals surface area contributed by atoms with Gasteiger partial charge in [0.1, 0.15) is 17.3 Å². The summed E-state index contributed by atoms with van der Waals surface area (Å²) in [6.07, 6.45) is 0. The maximum Gasteiger partial charge on any atom is 0.251 e. The first-order valence-electron chi connectivity index (χ1n) is 9.81. The number of benzene rings is 3. The Balaban J connectivity index is 1.37. The minimum absolute atomic E-state index is 0.0226. The van der Waals surface area contributed by atoms with E-state index in [0.29, 0.717) is 28.3 Å². The molecule has 4 aromatic rings. The third kappa shape index (κ3) is 4.65. The summed E-state index contributed by atoms with van der Waals surface area (Å²) in [5.74, 6) is 1.26. The quantitative estimate of drug-likeness (QED) is 0.389. The highest BCUT2D eigenvalue weighted by atomic mass is 16.5. The van der Waals surface area contributed by atoms with Crippen LogP contribution in [0.2, 0.25) is 0 Å². The fourth-order valence-electron chi connectivity index (χ4n) is 3.10. The van der Waals surface area contributed by atoms with E-state index in [1.165, 1.54) is 12.1 Å². The number of methoxy groups -OCH3 is 1. The molecule has 0 saturated carbocycles. The molecule has 0 fully saturated rings. The van der Waals surface area contributed by atoms with Gasteiger partial charge in [0.15, 0.2) is 11.6 Å². The fourth-order valence-corrected chi connectivity index (χ4v) is 3.10. The molecule has 3 aromatic carbocycles. The molecule has 0 aliphatic rings. The SMILES string of the molecule is COc1ccc(-c2n[nH]c(CNC(=O)c3ccc(C(=O)c4cccc(O)c4)cc3)n2)cc1. The van der Waals surface area contributed by atoms with E-state index >= 15 is 0 Å². The van der Waals surface area contributed by atoms with Gasteiger partial charge in [-0.1, -0.05) is 24.3 Å². The van der Waals surface area contributed by atoms with Gasteiger partial charge >= 0.3 is 0 Å². The Bertz CT molecular complexity index is 1250. The number of hydrogen-bond acceptors (Lipinski definition) is 6. The smallest absolute Gasteiger partial charge is 0.251 e. The molecule has 0 atom stereocenters. The second kappa shape index (κ2) is 9.13. The van der Waals surface area contributed by atoms with Crippen LogP contribution < -0.4 is 10.1 Å². The zero-order valence-corrected chi connectivity index (χ0v) is 17.2. The number of ether oxygens (including phenoxy) is 1. The summed E-state index contributed by atoms with van der Waals surface area (Å²) in [6.45, 7) is 0.173. The van der Waals surface area contributed by atoms with E-state index in [1.807, 2.05) is 24.3 Å². The van der Waals surface area contributed by atoms with Crippen molar-refractivity contribution in [2.24, 2.45) is 0 Å². The van der Waals surface area contributed by atoms with Gasteiger partial charge in [0.25, 0.3) is 5.91 Å². The van der Waals surface area contributed by atoms with E-state index in [0.717, 1.165) is 11.3 Å². The van der Waals surface area contributed by atoms with E-state index in [1.54, 1.807) is 43.5 Å². The summed E-state index contributed by atoms with van der Waals surface area (Å²) >= 11 is 0. The van der Waals surface area contributed by atoms with E-state index in [4.69, 9.17) is 4.74 Å². The molecule has 1 aromatic heterocycles. The third-order valence-corrected chi connectivity index (χ3v) is 4.81. The molecule has 0 aliphatic heterocycles. The number of rotatable bonds is 7. The predicted molar refractivity (Wildman–Crippen MR) is 118 cm³/mol. The van der Waals surface area contributed by atoms with E-state index in [-0.39, 0.29) is 24.0 Å². The molecular formula is C24H20N4O4. The number of aromatic nitrogens is 3. The Kier molecular flexibility index (Phi) is 5.94. The van der Waals surface area contributed by atoms with Gasteiger partial charge in [-0.05, 0) is 48.5 Å². The van der Waals surface area contributed by atoms with Crippen molar-refractivity contribution in [2.45, 2.75) is 6.54 Å². The Morgan fingerprint density at radius 2 is 1.69 bits per heavy atom. The monoisotopic (exact) mass is 428 g/mol. The van der Waals surface area contributed by atoms with Gasteiger partial charge in [-0.2, -0.15) is 5.10 Å². The number of aromatic hydroxyl groups is 1. The molecule has 4 rings (SSSR count). The number of phenolic OH excluding ortho intramolecular Hbond substituents is 1. The van der Waals surface area contributed by atoms with Crippen LogP contribution in [0.3, 0.4) is 0 Å². The van der Waals surface area contributed by atoms with Crippen molar-refractivity contribution in [3.8, 4) is 22.9 Å². The van der Waals surface area contributed by atoms with Gasteiger partial charge in [-0.15, -0.1) is 0 Å². The molecule has 8 heteroatoms. The summed E-state index contributed by atoms with van der Waals surface area (Å²) in [5, 5.41) is 19.3. The number of H-pyrrole nitrogens is 1. The van der Waals surface area contributed by atoms with E-state index in [9.17, 15) is 14.7 Å². The zero-order valence-electron chi connectivity index (χ0n) is 17.2. The van der Waals surface area contributed by atoms with Crippen LogP contribution in [0, 0.1) is 0 Å². The van der Waals surface area contributed by atoms with Gasteiger partial charge in [0.05, 0.1) is 13.7 Å². The van der Waals surface area contributed by atoms with Gasteiger partial charge in [0, 0.05) is 22.3 Å². The van der Waals surface area contributed by atoms with E-state index in [2.05, 4.69) is 20.5 Å². The summed E-state index contributed by atoms with van der Waals surface area (Å²) in [6, 6.07) is 19.8. The third-order valence-electron chi connectivity index (χ3n) is 4.81. The lowest BCUT2D eigenvalue weighted by Gasteiger charge is -2.05. The lowest BCUT2D eigenvalue weighted by atomic mass is 10.0. The Labute approximate surface area is 183 Å². The topological polar surface area (TPSA) is 117 Å². The number of nitrogens with zero attached hydrogens (tertiary/aromatic N) is 2. The van der Waals surface area contributed by atoms with Crippen LogP contribution in [0.15, 0.2) is 72.8 Å². The van der Waals surface area contributed by atoms with Crippen molar-refractivity contribution in [1.82, 2.24) is 20.5 Å². The molecule has 0 bridgehead atoms. The molecule has 160 valence electrons. The van der Waals surface area contributed by atoms with Crippen molar-refractivity contribution in [2.75, 3.05) is 7.11 Å². The number of carbonyl (C=O) groups is 2. The lowest BCUT2D eigenvalue weighted by molar-refractivity contribution is 0.0948. The van der Waals surface area contributed by atoms with Crippen LogP contribution in [0.1, 0.15) is 32.1 Å². The van der Waals surface area contributed by atoms with Crippen LogP contribution in [0.4, 0.5) is 0 Å².